The number of benzene rings is 1. The molecular weight excluding hydrogens is 182 g/mol. The van der Waals surface area contributed by atoms with Gasteiger partial charge in [-0.05, 0) is 30.5 Å². The molecule has 2 rings (SSSR count). The van der Waals surface area contributed by atoms with Crippen LogP contribution in [0.5, 0.6) is 0 Å². The Morgan fingerprint density at radius 1 is 1.13 bits per heavy atom. The van der Waals surface area contributed by atoms with Crippen LogP contribution in [-0.2, 0) is 0 Å². The maximum Gasteiger partial charge on any atom is 0.00219 e. The van der Waals surface area contributed by atoms with Gasteiger partial charge in [-0.3, -0.25) is 0 Å². The fourth-order valence-corrected chi connectivity index (χ4v) is 2.14. The first-order valence-electron chi connectivity index (χ1n) is 5.87. The van der Waals surface area contributed by atoms with Crippen molar-refractivity contribution in [1.29, 1.82) is 0 Å². The molecular formula is C14H19N. The lowest BCUT2D eigenvalue weighted by atomic mass is 10.0. The third kappa shape index (κ3) is 2.69. The van der Waals surface area contributed by atoms with E-state index in [1.165, 1.54) is 43.6 Å². The Bertz CT molecular complexity index is 326. The summed E-state index contributed by atoms with van der Waals surface area (Å²) in [6, 6.07) is 10.8. The second-order valence-electron chi connectivity index (χ2n) is 4.07. The van der Waals surface area contributed by atoms with Crippen LogP contribution < -0.4 is 0 Å². The minimum absolute atomic E-state index is 1.18. The van der Waals surface area contributed by atoms with Crippen LogP contribution in [0.1, 0.15) is 25.3 Å². The second-order valence-corrected chi connectivity index (χ2v) is 4.07. The molecule has 0 unspecified atom stereocenters. The monoisotopic (exact) mass is 201 g/mol. The summed E-state index contributed by atoms with van der Waals surface area (Å²) in [5, 5.41) is 0. The number of hydrogen-bond donors (Lipinski definition) is 0. The van der Waals surface area contributed by atoms with Crippen molar-refractivity contribution < 1.29 is 0 Å². The van der Waals surface area contributed by atoms with Gasteiger partial charge >= 0.3 is 0 Å². The molecule has 1 nitrogen and oxygen atoms in total. The highest BCUT2D eigenvalue weighted by Gasteiger charge is 2.09. The summed E-state index contributed by atoms with van der Waals surface area (Å²) in [4.78, 5) is 2.52. The van der Waals surface area contributed by atoms with Gasteiger partial charge in [-0.25, -0.2) is 0 Å². The smallest absolute Gasteiger partial charge is 0.00219 e. The fourth-order valence-electron chi connectivity index (χ4n) is 2.14. The SMILES string of the molecule is CCN1CCC=C(c2ccccc2)CC1. The molecule has 1 aliphatic rings. The molecule has 15 heavy (non-hydrogen) atoms. The van der Waals surface area contributed by atoms with Crippen LogP contribution in [-0.4, -0.2) is 24.5 Å². The third-order valence-corrected chi connectivity index (χ3v) is 3.13. The summed E-state index contributed by atoms with van der Waals surface area (Å²) in [6.45, 7) is 5.84. The van der Waals surface area contributed by atoms with Crippen LogP contribution in [0.15, 0.2) is 36.4 Å². The van der Waals surface area contributed by atoms with Crippen molar-refractivity contribution in [3.63, 3.8) is 0 Å². The summed E-state index contributed by atoms with van der Waals surface area (Å²) < 4.78 is 0. The molecule has 0 aromatic heterocycles. The zero-order chi connectivity index (χ0) is 10.5. The molecule has 0 saturated heterocycles. The van der Waals surface area contributed by atoms with Crippen LogP contribution >= 0.6 is 0 Å². The largest absolute Gasteiger partial charge is 0.303 e. The van der Waals surface area contributed by atoms with Crippen molar-refractivity contribution in [3.05, 3.63) is 42.0 Å². The lowest BCUT2D eigenvalue weighted by Gasteiger charge is -2.16. The van der Waals surface area contributed by atoms with Crippen molar-refractivity contribution in [1.82, 2.24) is 4.90 Å². The van der Waals surface area contributed by atoms with Gasteiger partial charge in [-0.1, -0.05) is 43.3 Å². The minimum atomic E-state index is 1.18. The maximum absolute atomic E-state index is 2.52. The zero-order valence-corrected chi connectivity index (χ0v) is 9.45. The first-order chi connectivity index (χ1) is 7.40. The standard InChI is InChI=1S/C14H19N/c1-2-15-11-6-9-14(10-12-15)13-7-4-3-5-8-13/h3-5,7-9H,2,6,10-12H2,1H3. The molecule has 1 heterocycles. The van der Waals surface area contributed by atoms with Crippen LogP contribution in [0.25, 0.3) is 5.57 Å². The van der Waals surface area contributed by atoms with Gasteiger partial charge < -0.3 is 4.90 Å². The van der Waals surface area contributed by atoms with Crippen molar-refractivity contribution in [2.24, 2.45) is 0 Å². The summed E-state index contributed by atoms with van der Waals surface area (Å²) in [7, 11) is 0. The van der Waals surface area contributed by atoms with Gasteiger partial charge in [0.2, 0.25) is 0 Å². The van der Waals surface area contributed by atoms with Crippen LogP contribution in [0.4, 0.5) is 0 Å². The zero-order valence-electron chi connectivity index (χ0n) is 9.45. The number of nitrogens with zero attached hydrogens (tertiary/aromatic N) is 1. The molecule has 0 bridgehead atoms. The third-order valence-electron chi connectivity index (χ3n) is 3.13. The minimum Gasteiger partial charge on any atom is -0.303 e. The van der Waals surface area contributed by atoms with E-state index in [2.05, 4.69) is 48.2 Å². The molecule has 0 N–H and O–H groups in total. The van der Waals surface area contributed by atoms with Crippen LogP contribution in [0.2, 0.25) is 0 Å². The highest BCUT2D eigenvalue weighted by Crippen LogP contribution is 2.21. The molecule has 1 aliphatic heterocycles. The predicted molar refractivity (Wildman–Crippen MR) is 65.8 cm³/mol. The molecule has 80 valence electrons. The van der Waals surface area contributed by atoms with Crippen LogP contribution in [0.3, 0.4) is 0 Å². The van der Waals surface area contributed by atoms with Crippen molar-refractivity contribution in [2.75, 3.05) is 19.6 Å². The first-order valence-corrected chi connectivity index (χ1v) is 5.87. The summed E-state index contributed by atoms with van der Waals surface area (Å²) in [5.74, 6) is 0. The van der Waals surface area contributed by atoms with E-state index in [4.69, 9.17) is 0 Å². The lowest BCUT2D eigenvalue weighted by Crippen LogP contribution is -2.24. The summed E-state index contributed by atoms with van der Waals surface area (Å²) >= 11 is 0. The predicted octanol–water partition coefficient (Wildman–Crippen LogP) is 3.19. The van der Waals surface area contributed by atoms with Gasteiger partial charge in [-0.2, -0.15) is 0 Å². The van der Waals surface area contributed by atoms with Gasteiger partial charge in [0, 0.05) is 13.1 Å². The molecule has 1 aromatic carbocycles. The van der Waals surface area contributed by atoms with E-state index in [9.17, 15) is 0 Å². The Hall–Kier alpha value is -1.08. The summed E-state index contributed by atoms with van der Waals surface area (Å²) in [5.41, 5.74) is 2.92. The van der Waals surface area contributed by atoms with Crippen molar-refractivity contribution in [2.45, 2.75) is 19.8 Å². The maximum atomic E-state index is 2.52. The van der Waals surface area contributed by atoms with Crippen molar-refractivity contribution in [3.8, 4) is 0 Å². The van der Waals surface area contributed by atoms with Gasteiger partial charge in [-0.15, -0.1) is 0 Å². The molecule has 0 amide bonds. The lowest BCUT2D eigenvalue weighted by molar-refractivity contribution is 0.306. The Labute approximate surface area is 92.4 Å². The molecule has 1 aromatic rings. The van der Waals surface area contributed by atoms with Gasteiger partial charge in [0.25, 0.3) is 0 Å². The topological polar surface area (TPSA) is 3.24 Å². The molecule has 0 atom stereocenters. The number of hydrogen-bond acceptors (Lipinski definition) is 1. The summed E-state index contributed by atoms with van der Waals surface area (Å²) in [6.07, 6.45) is 4.79. The highest BCUT2D eigenvalue weighted by molar-refractivity contribution is 5.65. The first kappa shape index (κ1) is 10.4. The van der Waals surface area contributed by atoms with Gasteiger partial charge in [0.15, 0.2) is 0 Å². The Balaban J connectivity index is 2.08. The van der Waals surface area contributed by atoms with E-state index in [-0.39, 0.29) is 0 Å². The van der Waals surface area contributed by atoms with E-state index in [1.807, 2.05) is 0 Å². The Kier molecular flexibility index (Phi) is 3.57. The highest BCUT2D eigenvalue weighted by atomic mass is 15.1. The quantitative estimate of drug-likeness (QED) is 0.710. The molecule has 0 saturated carbocycles. The second kappa shape index (κ2) is 5.13. The van der Waals surface area contributed by atoms with E-state index in [1.54, 1.807) is 0 Å². The Morgan fingerprint density at radius 3 is 2.67 bits per heavy atom. The van der Waals surface area contributed by atoms with E-state index in [0.29, 0.717) is 0 Å². The average molecular weight is 201 g/mol. The van der Waals surface area contributed by atoms with Gasteiger partial charge in [0.05, 0.1) is 0 Å². The molecule has 0 aliphatic carbocycles. The van der Waals surface area contributed by atoms with E-state index in [0.717, 1.165) is 0 Å². The molecule has 0 fully saturated rings. The molecule has 1 heteroatoms. The van der Waals surface area contributed by atoms with Crippen molar-refractivity contribution >= 4 is 5.57 Å². The normalized spacial score (nSPS) is 18.3. The van der Waals surface area contributed by atoms with Crippen LogP contribution in [0, 0.1) is 0 Å². The molecule has 0 spiro atoms. The fraction of sp³-hybridized carbons (Fsp3) is 0.429. The van der Waals surface area contributed by atoms with E-state index < -0.39 is 0 Å². The van der Waals surface area contributed by atoms with E-state index >= 15 is 0 Å². The number of rotatable bonds is 2. The Morgan fingerprint density at radius 2 is 1.93 bits per heavy atom. The molecule has 0 radical (unpaired) electrons. The average Bonchev–Trinajstić information content (AvgIpc) is 2.55. The van der Waals surface area contributed by atoms with Gasteiger partial charge in [0.1, 0.15) is 0 Å².